The molecule has 5 nitrogen and oxygen atoms in total. The zero-order valence-electron chi connectivity index (χ0n) is 12.4. The highest BCUT2D eigenvalue weighted by molar-refractivity contribution is 6.42. The summed E-state index contributed by atoms with van der Waals surface area (Å²) < 4.78 is 10.6. The van der Waals surface area contributed by atoms with Crippen LogP contribution >= 0.6 is 23.2 Å². The first-order chi connectivity index (χ1) is 11.1. The highest BCUT2D eigenvalue weighted by Gasteiger charge is 2.15. The van der Waals surface area contributed by atoms with Crippen molar-refractivity contribution >= 4 is 23.2 Å². The molecule has 2 aromatic carbocycles. The van der Waals surface area contributed by atoms with E-state index in [0.29, 0.717) is 32.9 Å². The summed E-state index contributed by atoms with van der Waals surface area (Å²) in [6.07, 6.45) is 0. The van der Waals surface area contributed by atoms with Gasteiger partial charge in [-0.1, -0.05) is 29.3 Å². The average Bonchev–Trinajstić information content (AvgIpc) is 3.06. The standard InChI is InChI=1S/C16H13Cl2N3O2/c1-22-13-6-4-10(8-14(13)23-2)16-15(19-21-20-16)9-3-5-11(17)12(18)7-9/h3-8H,1-2H3,(H,19,20,21). The van der Waals surface area contributed by atoms with Gasteiger partial charge < -0.3 is 9.47 Å². The smallest absolute Gasteiger partial charge is 0.161 e. The zero-order valence-corrected chi connectivity index (χ0v) is 13.9. The average molecular weight is 350 g/mol. The highest BCUT2D eigenvalue weighted by atomic mass is 35.5. The largest absolute Gasteiger partial charge is 0.493 e. The summed E-state index contributed by atoms with van der Waals surface area (Å²) in [6.45, 7) is 0. The van der Waals surface area contributed by atoms with Gasteiger partial charge in [0.2, 0.25) is 0 Å². The molecular formula is C16H13Cl2N3O2. The molecule has 0 unspecified atom stereocenters. The van der Waals surface area contributed by atoms with Crippen LogP contribution in [0.2, 0.25) is 10.0 Å². The van der Waals surface area contributed by atoms with E-state index < -0.39 is 0 Å². The number of benzene rings is 2. The van der Waals surface area contributed by atoms with Crippen LogP contribution < -0.4 is 9.47 Å². The molecule has 3 aromatic rings. The number of H-pyrrole nitrogens is 1. The fraction of sp³-hybridized carbons (Fsp3) is 0.125. The number of halogens is 2. The Hall–Kier alpha value is -2.24. The number of nitrogens with zero attached hydrogens (tertiary/aromatic N) is 2. The van der Waals surface area contributed by atoms with Crippen LogP contribution in [-0.4, -0.2) is 29.6 Å². The predicted molar refractivity (Wildman–Crippen MR) is 90.4 cm³/mol. The van der Waals surface area contributed by atoms with E-state index in [-0.39, 0.29) is 0 Å². The molecule has 1 heterocycles. The van der Waals surface area contributed by atoms with Crippen molar-refractivity contribution < 1.29 is 9.47 Å². The van der Waals surface area contributed by atoms with Crippen LogP contribution in [0.4, 0.5) is 0 Å². The van der Waals surface area contributed by atoms with Crippen LogP contribution in [0.15, 0.2) is 36.4 Å². The molecular weight excluding hydrogens is 337 g/mol. The third-order valence-electron chi connectivity index (χ3n) is 3.40. The summed E-state index contributed by atoms with van der Waals surface area (Å²) >= 11 is 12.1. The Morgan fingerprint density at radius 1 is 0.783 bits per heavy atom. The van der Waals surface area contributed by atoms with Crippen LogP contribution in [0, 0.1) is 0 Å². The van der Waals surface area contributed by atoms with Gasteiger partial charge in [0.25, 0.3) is 0 Å². The van der Waals surface area contributed by atoms with Gasteiger partial charge in [-0.3, -0.25) is 0 Å². The molecule has 0 fully saturated rings. The Morgan fingerprint density at radius 3 is 2.00 bits per heavy atom. The molecule has 0 spiro atoms. The molecule has 1 N–H and O–H groups in total. The molecule has 0 radical (unpaired) electrons. The molecule has 0 amide bonds. The molecule has 0 saturated carbocycles. The third-order valence-corrected chi connectivity index (χ3v) is 4.14. The minimum absolute atomic E-state index is 0.463. The van der Waals surface area contributed by atoms with Crippen molar-refractivity contribution in [2.75, 3.05) is 14.2 Å². The molecule has 0 aliphatic heterocycles. The predicted octanol–water partition coefficient (Wildman–Crippen LogP) is 4.46. The second kappa shape index (κ2) is 6.48. The number of hydrogen-bond acceptors (Lipinski definition) is 4. The van der Waals surface area contributed by atoms with E-state index in [2.05, 4.69) is 15.4 Å². The lowest BCUT2D eigenvalue weighted by Crippen LogP contribution is -1.91. The van der Waals surface area contributed by atoms with Crippen molar-refractivity contribution in [2.24, 2.45) is 0 Å². The summed E-state index contributed by atoms with van der Waals surface area (Å²) in [4.78, 5) is 0. The maximum atomic E-state index is 6.09. The van der Waals surface area contributed by atoms with Gasteiger partial charge >= 0.3 is 0 Å². The lowest BCUT2D eigenvalue weighted by atomic mass is 10.0. The summed E-state index contributed by atoms with van der Waals surface area (Å²) in [7, 11) is 3.18. The molecule has 0 aliphatic carbocycles. The van der Waals surface area contributed by atoms with E-state index in [1.54, 1.807) is 26.4 Å². The van der Waals surface area contributed by atoms with Crippen molar-refractivity contribution in [1.82, 2.24) is 15.4 Å². The fourth-order valence-electron chi connectivity index (χ4n) is 2.26. The third kappa shape index (κ3) is 2.98. The number of aromatic amines is 1. The Labute approximate surface area is 143 Å². The normalized spacial score (nSPS) is 10.6. The van der Waals surface area contributed by atoms with E-state index in [9.17, 15) is 0 Å². The lowest BCUT2D eigenvalue weighted by molar-refractivity contribution is 0.355. The minimum Gasteiger partial charge on any atom is -0.493 e. The minimum atomic E-state index is 0.463. The first kappa shape index (κ1) is 15.6. The van der Waals surface area contributed by atoms with Crippen molar-refractivity contribution in [2.45, 2.75) is 0 Å². The lowest BCUT2D eigenvalue weighted by Gasteiger charge is -2.09. The van der Waals surface area contributed by atoms with Crippen molar-refractivity contribution in [1.29, 1.82) is 0 Å². The summed E-state index contributed by atoms with van der Waals surface area (Å²) in [5, 5.41) is 12.1. The van der Waals surface area contributed by atoms with Gasteiger partial charge in [0, 0.05) is 11.1 Å². The van der Waals surface area contributed by atoms with Crippen LogP contribution in [0.3, 0.4) is 0 Å². The molecule has 1 aromatic heterocycles. The van der Waals surface area contributed by atoms with E-state index in [0.717, 1.165) is 11.1 Å². The Morgan fingerprint density at radius 2 is 1.39 bits per heavy atom. The van der Waals surface area contributed by atoms with Crippen molar-refractivity contribution in [3.8, 4) is 34.0 Å². The van der Waals surface area contributed by atoms with Gasteiger partial charge in [-0.05, 0) is 30.3 Å². The molecule has 0 bridgehead atoms. The Kier molecular flexibility index (Phi) is 4.41. The maximum Gasteiger partial charge on any atom is 0.161 e. The monoisotopic (exact) mass is 349 g/mol. The van der Waals surface area contributed by atoms with Crippen LogP contribution in [0.5, 0.6) is 11.5 Å². The number of methoxy groups -OCH3 is 2. The van der Waals surface area contributed by atoms with Crippen LogP contribution in [0.1, 0.15) is 0 Å². The molecule has 23 heavy (non-hydrogen) atoms. The molecule has 0 aliphatic rings. The molecule has 118 valence electrons. The van der Waals surface area contributed by atoms with Gasteiger partial charge in [0.1, 0.15) is 11.4 Å². The Bertz CT molecular complexity index is 849. The molecule has 7 heteroatoms. The topological polar surface area (TPSA) is 60.0 Å². The summed E-state index contributed by atoms with van der Waals surface area (Å²) in [6, 6.07) is 10.9. The molecule has 3 rings (SSSR count). The second-order valence-electron chi connectivity index (χ2n) is 4.72. The zero-order chi connectivity index (χ0) is 16.4. The van der Waals surface area contributed by atoms with Crippen molar-refractivity contribution in [3.05, 3.63) is 46.4 Å². The second-order valence-corrected chi connectivity index (χ2v) is 5.53. The molecule has 0 saturated heterocycles. The first-order valence-electron chi connectivity index (χ1n) is 6.72. The van der Waals surface area contributed by atoms with Gasteiger partial charge in [-0.15, -0.1) is 0 Å². The van der Waals surface area contributed by atoms with Gasteiger partial charge in [-0.2, -0.15) is 15.4 Å². The SMILES string of the molecule is COc1ccc(-c2n[nH]nc2-c2ccc(Cl)c(Cl)c2)cc1OC. The first-order valence-corrected chi connectivity index (χ1v) is 7.48. The number of ether oxygens (including phenoxy) is 2. The van der Waals surface area contributed by atoms with Crippen LogP contribution in [0.25, 0.3) is 22.5 Å². The Balaban J connectivity index is 2.09. The van der Waals surface area contributed by atoms with Gasteiger partial charge in [-0.25, -0.2) is 0 Å². The van der Waals surface area contributed by atoms with Crippen LogP contribution in [-0.2, 0) is 0 Å². The number of rotatable bonds is 4. The molecule has 0 atom stereocenters. The number of hydrogen-bond donors (Lipinski definition) is 1. The maximum absolute atomic E-state index is 6.09. The quantitative estimate of drug-likeness (QED) is 0.755. The summed E-state index contributed by atoms with van der Waals surface area (Å²) in [5.41, 5.74) is 3.02. The van der Waals surface area contributed by atoms with E-state index >= 15 is 0 Å². The van der Waals surface area contributed by atoms with Crippen molar-refractivity contribution in [3.63, 3.8) is 0 Å². The fourth-order valence-corrected chi connectivity index (χ4v) is 2.56. The number of nitrogens with one attached hydrogen (secondary N) is 1. The van der Waals surface area contributed by atoms with E-state index in [1.165, 1.54) is 0 Å². The summed E-state index contributed by atoms with van der Waals surface area (Å²) in [5.74, 6) is 1.27. The van der Waals surface area contributed by atoms with Gasteiger partial charge in [0.05, 0.1) is 24.3 Å². The number of aromatic nitrogens is 3. The van der Waals surface area contributed by atoms with E-state index in [4.69, 9.17) is 32.7 Å². The van der Waals surface area contributed by atoms with Gasteiger partial charge in [0.15, 0.2) is 11.5 Å². The highest BCUT2D eigenvalue weighted by Crippen LogP contribution is 2.36. The van der Waals surface area contributed by atoms with E-state index in [1.807, 2.05) is 24.3 Å².